The average Bonchev–Trinajstić information content (AvgIpc) is 2.58. The predicted molar refractivity (Wildman–Crippen MR) is 74.7 cm³/mol. The van der Waals surface area contributed by atoms with E-state index >= 15 is 0 Å². The highest BCUT2D eigenvalue weighted by atomic mass is 79.9. The van der Waals surface area contributed by atoms with Crippen molar-refractivity contribution >= 4 is 33.2 Å². The van der Waals surface area contributed by atoms with Crippen molar-refractivity contribution in [1.82, 2.24) is 5.32 Å². The van der Waals surface area contributed by atoms with E-state index in [2.05, 4.69) is 35.1 Å². The molecule has 1 aromatic heterocycles. The van der Waals surface area contributed by atoms with Crippen LogP contribution in [0.15, 0.2) is 9.85 Å². The van der Waals surface area contributed by atoms with Crippen molar-refractivity contribution in [2.24, 2.45) is 5.92 Å². The molecule has 0 aromatic carbocycles. The van der Waals surface area contributed by atoms with Crippen LogP contribution in [-0.4, -0.2) is 25.7 Å². The zero-order valence-corrected chi connectivity index (χ0v) is 12.9. The minimum atomic E-state index is -0.0282. The second-order valence-electron chi connectivity index (χ2n) is 4.35. The topological polar surface area (TPSA) is 38.3 Å². The molecule has 0 saturated heterocycles. The van der Waals surface area contributed by atoms with Gasteiger partial charge in [0.25, 0.3) is 5.91 Å². The normalized spacial score (nSPS) is 12.8. The molecule has 0 radical (unpaired) electrons. The maximum absolute atomic E-state index is 12.0. The number of hydrogen-bond donors (Lipinski definition) is 1. The molecular weight excluding hydrogens is 302 g/mol. The maximum atomic E-state index is 12.0. The lowest BCUT2D eigenvalue weighted by molar-refractivity contribution is 0.0870. The first-order valence-electron chi connectivity index (χ1n) is 5.51. The van der Waals surface area contributed by atoms with Crippen LogP contribution < -0.4 is 5.32 Å². The molecule has 0 saturated carbocycles. The minimum absolute atomic E-state index is 0.0282. The number of thiophene rings is 1. The number of aryl methyl sites for hydroxylation is 1. The summed E-state index contributed by atoms with van der Waals surface area (Å²) in [5.41, 5.74) is 1.09. The third kappa shape index (κ3) is 4.08. The highest BCUT2D eigenvalue weighted by molar-refractivity contribution is 9.11. The van der Waals surface area contributed by atoms with Crippen molar-refractivity contribution < 1.29 is 9.53 Å². The van der Waals surface area contributed by atoms with Gasteiger partial charge in [0.15, 0.2) is 0 Å². The van der Waals surface area contributed by atoms with Crippen molar-refractivity contribution in [3.8, 4) is 0 Å². The molecule has 1 aromatic rings. The molecular formula is C12H18BrNO2S. The monoisotopic (exact) mass is 319 g/mol. The molecule has 1 atom stereocenters. The van der Waals surface area contributed by atoms with E-state index in [0.29, 0.717) is 12.5 Å². The van der Waals surface area contributed by atoms with Gasteiger partial charge < -0.3 is 10.1 Å². The van der Waals surface area contributed by atoms with Gasteiger partial charge >= 0.3 is 0 Å². The van der Waals surface area contributed by atoms with Crippen LogP contribution >= 0.6 is 27.3 Å². The molecule has 0 bridgehead atoms. The molecule has 0 aliphatic carbocycles. The summed E-state index contributed by atoms with van der Waals surface area (Å²) >= 11 is 4.88. The Balaban J connectivity index is 2.70. The fourth-order valence-electron chi connectivity index (χ4n) is 1.39. The third-order valence-corrected chi connectivity index (χ3v) is 4.68. The van der Waals surface area contributed by atoms with E-state index in [4.69, 9.17) is 4.74 Å². The molecule has 5 heteroatoms. The van der Waals surface area contributed by atoms with Crippen LogP contribution in [0.25, 0.3) is 0 Å². The summed E-state index contributed by atoms with van der Waals surface area (Å²) in [6, 6.07) is 1.95. The van der Waals surface area contributed by atoms with E-state index in [1.807, 2.05) is 13.0 Å². The van der Waals surface area contributed by atoms with Crippen LogP contribution in [0.5, 0.6) is 0 Å². The highest BCUT2D eigenvalue weighted by Crippen LogP contribution is 2.27. The summed E-state index contributed by atoms with van der Waals surface area (Å²) in [5.74, 6) is 0.322. The van der Waals surface area contributed by atoms with E-state index in [9.17, 15) is 4.79 Å². The van der Waals surface area contributed by atoms with Gasteiger partial charge in [-0.05, 0) is 40.4 Å². The molecule has 0 aliphatic heterocycles. The number of hydrogen-bond acceptors (Lipinski definition) is 3. The molecule has 96 valence electrons. The Morgan fingerprint density at radius 2 is 2.24 bits per heavy atom. The smallest absolute Gasteiger partial charge is 0.261 e. The second-order valence-corrected chi connectivity index (χ2v) is 6.72. The van der Waals surface area contributed by atoms with E-state index < -0.39 is 0 Å². The standard InChI is InChI=1S/C12H18BrNO2S/c1-7(2)9(6-16-4)14-12(15)10-5-8(3)11(13)17-10/h5,7,9H,6H2,1-4H3,(H,14,15). The molecule has 1 unspecified atom stereocenters. The Labute approximate surface area is 115 Å². The van der Waals surface area contributed by atoms with Gasteiger partial charge in [0.1, 0.15) is 0 Å². The first-order chi connectivity index (χ1) is 7.95. The molecule has 1 amide bonds. The second kappa shape index (κ2) is 6.52. The van der Waals surface area contributed by atoms with Crippen molar-refractivity contribution in [3.63, 3.8) is 0 Å². The summed E-state index contributed by atoms with van der Waals surface area (Å²) in [7, 11) is 1.65. The number of carbonyl (C=O) groups excluding carboxylic acids is 1. The molecule has 0 fully saturated rings. The Morgan fingerprint density at radius 3 is 2.65 bits per heavy atom. The zero-order chi connectivity index (χ0) is 13.0. The van der Waals surface area contributed by atoms with Crippen LogP contribution in [0, 0.1) is 12.8 Å². The number of methoxy groups -OCH3 is 1. The molecule has 3 nitrogen and oxygen atoms in total. The summed E-state index contributed by atoms with van der Waals surface area (Å²) in [5, 5.41) is 3.00. The van der Waals surface area contributed by atoms with Gasteiger partial charge in [0.2, 0.25) is 0 Å². The van der Waals surface area contributed by atoms with Gasteiger partial charge in [-0.1, -0.05) is 13.8 Å². The van der Waals surface area contributed by atoms with E-state index in [1.165, 1.54) is 11.3 Å². The van der Waals surface area contributed by atoms with Gasteiger partial charge in [-0.25, -0.2) is 0 Å². The largest absolute Gasteiger partial charge is 0.383 e. The molecule has 0 aliphatic rings. The quantitative estimate of drug-likeness (QED) is 0.905. The van der Waals surface area contributed by atoms with Crippen molar-refractivity contribution in [1.29, 1.82) is 0 Å². The van der Waals surface area contributed by atoms with Crippen LogP contribution in [0.2, 0.25) is 0 Å². The zero-order valence-electron chi connectivity index (χ0n) is 10.5. The minimum Gasteiger partial charge on any atom is -0.383 e. The number of carbonyl (C=O) groups is 1. The lowest BCUT2D eigenvalue weighted by atomic mass is 10.1. The molecule has 17 heavy (non-hydrogen) atoms. The first-order valence-corrected chi connectivity index (χ1v) is 7.12. The van der Waals surface area contributed by atoms with Crippen LogP contribution in [-0.2, 0) is 4.74 Å². The Kier molecular flexibility index (Phi) is 5.62. The molecule has 1 rings (SSSR count). The van der Waals surface area contributed by atoms with Gasteiger partial charge in [-0.15, -0.1) is 11.3 Å². The van der Waals surface area contributed by atoms with Gasteiger partial charge in [0.05, 0.1) is 21.3 Å². The molecule has 0 spiro atoms. The number of ether oxygens (including phenoxy) is 1. The number of nitrogens with one attached hydrogen (secondary N) is 1. The lowest BCUT2D eigenvalue weighted by Gasteiger charge is -2.21. The fourth-order valence-corrected chi connectivity index (χ4v) is 2.83. The lowest BCUT2D eigenvalue weighted by Crippen LogP contribution is -2.41. The van der Waals surface area contributed by atoms with Gasteiger partial charge in [-0.3, -0.25) is 4.79 Å². The number of rotatable bonds is 5. The van der Waals surface area contributed by atoms with Gasteiger partial charge in [0, 0.05) is 7.11 Å². The number of amides is 1. The maximum Gasteiger partial charge on any atom is 0.261 e. The van der Waals surface area contributed by atoms with E-state index in [-0.39, 0.29) is 11.9 Å². The summed E-state index contributed by atoms with van der Waals surface area (Å²) in [6.45, 7) is 6.65. The fraction of sp³-hybridized carbons (Fsp3) is 0.583. The molecule has 1 heterocycles. The van der Waals surface area contributed by atoms with Gasteiger partial charge in [-0.2, -0.15) is 0 Å². The van der Waals surface area contributed by atoms with E-state index in [1.54, 1.807) is 7.11 Å². The predicted octanol–water partition coefficient (Wildman–Crippen LogP) is 3.22. The van der Waals surface area contributed by atoms with Crippen LogP contribution in [0.1, 0.15) is 29.1 Å². The Morgan fingerprint density at radius 1 is 1.59 bits per heavy atom. The van der Waals surface area contributed by atoms with Crippen molar-refractivity contribution in [2.75, 3.05) is 13.7 Å². The molecule has 1 N–H and O–H groups in total. The Bertz CT molecular complexity index is 370. The van der Waals surface area contributed by atoms with Crippen molar-refractivity contribution in [3.05, 3.63) is 20.3 Å². The summed E-state index contributed by atoms with van der Waals surface area (Å²) in [6.07, 6.45) is 0. The first kappa shape index (κ1) is 14.7. The average molecular weight is 320 g/mol. The number of halogens is 1. The SMILES string of the molecule is COCC(NC(=O)c1cc(C)c(Br)s1)C(C)C. The highest BCUT2D eigenvalue weighted by Gasteiger charge is 2.18. The van der Waals surface area contributed by atoms with Crippen LogP contribution in [0.3, 0.4) is 0 Å². The Hall–Kier alpha value is -0.390. The summed E-state index contributed by atoms with van der Waals surface area (Å²) < 4.78 is 6.12. The third-order valence-electron chi connectivity index (χ3n) is 2.55. The summed E-state index contributed by atoms with van der Waals surface area (Å²) in [4.78, 5) is 12.8. The van der Waals surface area contributed by atoms with Crippen LogP contribution in [0.4, 0.5) is 0 Å². The van der Waals surface area contributed by atoms with E-state index in [0.717, 1.165) is 14.2 Å². The van der Waals surface area contributed by atoms with Crippen molar-refractivity contribution in [2.45, 2.75) is 26.8 Å².